The van der Waals surface area contributed by atoms with Gasteiger partial charge in [0.25, 0.3) is 0 Å². The van der Waals surface area contributed by atoms with Crippen LogP contribution in [0.3, 0.4) is 0 Å². The van der Waals surface area contributed by atoms with Gasteiger partial charge in [0.05, 0.1) is 17.3 Å². The summed E-state index contributed by atoms with van der Waals surface area (Å²) in [6.45, 7) is 2.07. The average Bonchev–Trinajstić information content (AvgIpc) is 2.43. The second-order valence-corrected chi connectivity index (χ2v) is 5.16. The third-order valence-electron chi connectivity index (χ3n) is 2.77. The van der Waals surface area contributed by atoms with Crippen molar-refractivity contribution in [3.63, 3.8) is 0 Å². The van der Waals surface area contributed by atoms with Crippen LogP contribution >= 0.6 is 23.2 Å². The number of para-hydroxylation sites is 1. The zero-order chi connectivity index (χ0) is 14.5. The van der Waals surface area contributed by atoms with Gasteiger partial charge in [-0.05, 0) is 36.8 Å². The first kappa shape index (κ1) is 14.7. The van der Waals surface area contributed by atoms with Crippen molar-refractivity contribution in [3.8, 4) is 0 Å². The van der Waals surface area contributed by atoms with Crippen molar-refractivity contribution in [1.29, 1.82) is 0 Å². The van der Waals surface area contributed by atoms with Crippen molar-refractivity contribution in [2.75, 3.05) is 17.2 Å². The summed E-state index contributed by atoms with van der Waals surface area (Å²) in [6.07, 6.45) is 0. The summed E-state index contributed by atoms with van der Waals surface area (Å²) in [5.74, 6) is -0.171. The van der Waals surface area contributed by atoms with Crippen LogP contribution in [0.1, 0.15) is 5.56 Å². The molecule has 0 spiro atoms. The SMILES string of the molecule is Cc1ccc(NCC(=O)Nc2ccccc2Cl)cc1Cl. The average molecular weight is 309 g/mol. The van der Waals surface area contributed by atoms with Crippen LogP contribution in [-0.2, 0) is 4.79 Å². The first-order valence-corrected chi connectivity index (χ1v) is 6.86. The number of aryl methyl sites for hydroxylation is 1. The molecule has 2 aromatic rings. The van der Waals surface area contributed by atoms with E-state index in [1.165, 1.54) is 0 Å². The van der Waals surface area contributed by atoms with Gasteiger partial charge in [-0.2, -0.15) is 0 Å². The molecule has 3 nitrogen and oxygen atoms in total. The van der Waals surface area contributed by atoms with Gasteiger partial charge < -0.3 is 10.6 Å². The Hall–Kier alpha value is -1.71. The highest BCUT2D eigenvalue weighted by Crippen LogP contribution is 2.21. The molecule has 0 aliphatic carbocycles. The van der Waals surface area contributed by atoms with E-state index in [0.717, 1.165) is 11.3 Å². The topological polar surface area (TPSA) is 41.1 Å². The third-order valence-corrected chi connectivity index (χ3v) is 3.51. The fraction of sp³-hybridized carbons (Fsp3) is 0.133. The molecule has 0 aromatic heterocycles. The molecule has 0 saturated carbocycles. The summed E-state index contributed by atoms with van der Waals surface area (Å²) < 4.78 is 0. The van der Waals surface area contributed by atoms with E-state index in [1.54, 1.807) is 18.2 Å². The van der Waals surface area contributed by atoms with Gasteiger partial charge in [0, 0.05) is 10.7 Å². The van der Waals surface area contributed by atoms with Crippen LogP contribution in [0.4, 0.5) is 11.4 Å². The molecule has 2 rings (SSSR count). The summed E-state index contributed by atoms with van der Waals surface area (Å²) in [5.41, 5.74) is 2.40. The van der Waals surface area contributed by atoms with Crippen LogP contribution in [0.2, 0.25) is 10.0 Å². The van der Waals surface area contributed by atoms with Gasteiger partial charge in [-0.25, -0.2) is 0 Å². The molecule has 20 heavy (non-hydrogen) atoms. The molecule has 1 amide bonds. The Morgan fingerprint density at radius 1 is 1.10 bits per heavy atom. The lowest BCUT2D eigenvalue weighted by Gasteiger charge is -2.09. The van der Waals surface area contributed by atoms with Crippen molar-refractivity contribution in [3.05, 3.63) is 58.1 Å². The summed E-state index contributed by atoms with van der Waals surface area (Å²) >= 11 is 12.0. The molecule has 5 heteroatoms. The quantitative estimate of drug-likeness (QED) is 0.881. The molecule has 2 aromatic carbocycles. The number of anilines is 2. The minimum absolute atomic E-state index is 0.143. The second kappa shape index (κ2) is 6.64. The predicted molar refractivity (Wildman–Crippen MR) is 84.8 cm³/mol. The van der Waals surface area contributed by atoms with E-state index < -0.39 is 0 Å². The number of hydrogen-bond acceptors (Lipinski definition) is 2. The normalized spacial score (nSPS) is 10.2. The van der Waals surface area contributed by atoms with Gasteiger partial charge >= 0.3 is 0 Å². The molecule has 0 fully saturated rings. The largest absolute Gasteiger partial charge is 0.376 e. The van der Waals surface area contributed by atoms with E-state index in [4.69, 9.17) is 23.2 Å². The van der Waals surface area contributed by atoms with E-state index in [1.807, 2.05) is 31.2 Å². The van der Waals surface area contributed by atoms with Crippen LogP contribution in [0.5, 0.6) is 0 Å². The van der Waals surface area contributed by atoms with Gasteiger partial charge in [-0.3, -0.25) is 4.79 Å². The van der Waals surface area contributed by atoms with Crippen LogP contribution in [0, 0.1) is 6.92 Å². The van der Waals surface area contributed by atoms with Crippen LogP contribution in [0.15, 0.2) is 42.5 Å². The standard InChI is InChI=1S/C15H14Cl2N2O/c1-10-6-7-11(8-13(10)17)18-9-15(20)19-14-5-3-2-4-12(14)16/h2-8,18H,9H2,1H3,(H,19,20). The number of halogens is 2. The Kier molecular flexibility index (Phi) is 4.88. The lowest BCUT2D eigenvalue weighted by atomic mass is 10.2. The van der Waals surface area contributed by atoms with Gasteiger partial charge in [0.15, 0.2) is 0 Å². The number of benzene rings is 2. The maximum atomic E-state index is 11.8. The number of amides is 1. The lowest BCUT2D eigenvalue weighted by Crippen LogP contribution is -2.21. The summed E-state index contributed by atoms with van der Waals surface area (Å²) in [5, 5.41) is 6.93. The molecule has 0 saturated heterocycles. The highest BCUT2D eigenvalue weighted by molar-refractivity contribution is 6.33. The summed E-state index contributed by atoms with van der Waals surface area (Å²) in [7, 11) is 0. The molecule has 0 aliphatic rings. The molecule has 0 aliphatic heterocycles. The molecule has 0 atom stereocenters. The maximum absolute atomic E-state index is 11.8. The van der Waals surface area contributed by atoms with Crippen molar-refractivity contribution >= 4 is 40.5 Å². The minimum atomic E-state index is -0.171. The van der Waals surface area contributed by atoms with E-state index in [2.05, 4.69) is 10.6 Å². The zero-order valence-electron chi connectivity index (χ0n) is 10.9. The van der Waals surface area contributed by atoms with E-state index in [0.29, 0.717) is 15.7 Å². The van der Waals surface area contributed by atoms with Crippen LogP contribution in [-0.4, -0.2) is 12.5 Å². The van der Waals surface area contributed by atoms with E-state index in [-0.39, 0.29) is 12.5 Å². The Morgan fingerprint density at radius 3 is 2.55 bits per heavy atom. The molecular formula is C15H14Cl2N2O. The number of rotatable bonds is 4. The zero-order valence-corrected chi connectivity index (χ0v) is 12.4. The number of carbonyl (C=O) groups excluding carboxylic acids is 1. The Labute approximate surface area is 127 Å². The molecule has 2 N–H and O–H groups in total. The van der Waals surface area contributed by atoms with Crippen LogP contribution < -0.4 is 10.6 Å². The van der Waals surface area contributed by atoms with Gasteiger partial charge in [-0.1, -0.05) is 41.4 Å². The van der Waals surface area contributed by atoms with Crippen molar-refractivity contribution in [2.45, 2.75) is 6.92 Å². The van der Waals surface area contributed by atoms with E-state index >= 15 is 0 Å². The lowest BCUT2D eigenvalue weighted by molar-refractivity contribution is -0.114. The monoisotopic (exact) mass is 308 g/mol. The predicted octanol–water partition coefficient (Wildman–Crippen LogP) is 4.35. The first-order valence-electron chi connectivity index (χ1n) is 6.10. The maximum Gasteiger partial charge on any atom is 0.243 e. The van der Waals surface area contributed by atoms with Gasteiger partial charge in [0.1, 0.15) is 0 Å². The fourth-order valence-electron chi connectivity index (χ4n) is 1.64. The Balaban J connectivity index is 1.92. The third kappa shape index (κ3) is 3.89. The van der Waals surface area contributed by atoms with Crippen molar-refractivity contribution in [1.82, 2.24) is 0 Å². The van der Waals surface area contributed by atoms with E-state index in [9.17, 15) is 4.79 Å². The fourth-order valence-corrected chi connectivity index (χ4v) is 2.01. The smallest absolute Gasteiger partial charge is 0.243 e. The Bertz CT molecular complexity index is 629. The van der Waals surface area contributed by atoms with Gasteiger partial charge in [0.2, 0.25) is 5.91 Å². The first-order chi connectivity index (χ1) is 9.56. The van der Waals surface area contributed by atoms with Crippen molar-refractivity contribution in [2.24, 2.45) is 0 Å². The summed E-state index contributed by atoms with van der Waals surface area (Å²) in [4.78, 5) is 11.8. The molecule has 104 valence electrons. The number of hydrogen-bond donors (Lipinski definition) is 2. The molecule has 0 bridgehead atoms. The highest BCUT2D eigenvalue weighted by atomic mass is 35.5. The molecule has 0 unspecified atom stereocenters. The summed E-state index contributed by atoms with van der Waals surface area (Å²) in [6, 6.07) is 12.7. The number of nitrogens with one attached hydrogen (secondary N) is 2. The second-order valence-electron chi connectivity index (χ2n) is 4.35. The Morgan fingerprint density at radius 2 is 1.85 bits per heavy atom. The highest BCUT2D eigenvalue weighted by Gasteiger charge is 2.05. The molecule has 0 heterocycles. The van der Waals surface area contributed by atoms with Gasteiger partial charge in [-0.15, -0.1) is 0 Å². The van der Waals surface area contributed by atoms with Crippen molar-refractivity contribution < 1.29 is 4.79 Å². The molecular weight excluding hydrogens is 295 g/mol. The van der Waals surface area contributed by atoms with Crippen LogP contribution in [0.25, 0.3) is 0 Å². The minimum Gasteiger partial charge on any atom is -0.376 e. The number of carbonyl (C=O) groups is 1. The molecule has 0 radical (unpaired) electrons.